The minimum atomic E-state index is -0.833. The number of carbonyl (C=O) groups is 1. The van der Waals surface area contributed by atoms with Crippen molar-refractivity contribution in [1.29, 1.82) is 0 Å². The molecule has 1 aliphatic rings. The molecule has 0 saturated heterocycles. The third kappa shape index (κ3) is 3.47. The van der Waals surface area contributed by atoms with E-state index in [1.807, 2.05) is 5.38 Å². The van der Waals surface area contributed by atoms with Crippen molar-refractivity contribution >= 4 is 29.1 Å². The molecule has 1 fully saturated rings. The molecule has 0 aromatic carbocycles. The van der Waals surface area contributed by atoms with Gasteiger partial charge in [0.25, 0.3) is 0 Å². The third-order valence-electron chi connectivity index (χ3n) is 3.00. The average molecular weight is 272 g/mol. The first-order chi connectivity index (χ1) is 8.19. The van der Waals surface area contributed by atoms with Crippen molar-refractivity contribution in [2.24, 2.45) is 0 Å². The van der Waals surface area contributed by atoms with Gasteiger partial charge in [-0.3, -0.25) is 0 Å². The number of aromatic carboxylic acids is 1. The summed E-state index contributed by atoms with van der Waals surface area (Å²) in [6.07, 6.45) is 4.99. The molecule has 1 aliphatic carbocycles. The Kier molecular flexibility index (Phi) is 4.48. The largest absolute Gasteiger partial charge is 0.477 e. The quantitative estimate of drug-likeness (QED) is 0.911. The highest BCUT2D eigenvalue weighted by Gasteiger charge is 2.23. The van der Waals surface area contributed by atoms with Crippen molar-refractivity contribution in [3.63, 3.8) is 0 Å². The van der Waals surface area contributed by atoms with Gasteiger partial charge in [-0.05, 0) is 31.7 Å². The summed E-state index contributed by atoms with van der Waals surface area (Å²) in [7, 11) is 1.77. The summed E-state index contributed by atoms with van der Waals surface area (Å²) < 4.78 is 5.40. The second-order valence-electron chi connectivity index (χ2n) is 4.22. The van der Waals surface area contributed by atoms with Crippen molar-refractivity contribution in [3.05, 3.63) is 16.3 Å². The molecule has 3 nitrogen and oxygen atoms in total. The number of thioether (sulfide) groups is 1. The first-order valence-corrected chi connectivity index (χ1v) is 7.46. The van der Waals surface area contributed by atoms with Gasteiger partial charge in [-0.25, -0.2) is 4.79 Å². The van der Waals surface area contributed by atoms with Gasteiger partial charge in [-0.1, -0.05) is 0 Å². The molecule has 0 radical (unpaired) electrons. The fourth-order valence-electron chi connectivity index (χ4n) is 2.11. The highest BCUT2D eigenvalue weighted by atomic mass is 32.2. The highest BCUT2D eigenvalue weighted by molar-refractivity contribution is 8.00. The number of carboxylic acid groups (broad SMARTS) is 1. The minimum absolute atomic E-state index is 0.374. The summed E-state index contributed by atoms with van der Waals surface area (Å²) in [5.74, 6) is -0.833. The number of ether oxygens (including phenoxy) is 1. The van der Waals surface area contributed by atoms with Crippen molar-refractivity contribution in [2.75, 3.05) is 7.11 Å². The molecule has 0 aliphatic heterocycles. The monoisotopic (exact) mass is 272 g/mol. The maximum absolute atomic E-state index is 10.8. The zero-order valence-electron chi connectivity index (χ0n) is 9.72. The molecule has 1 heterocycles. The zero-order valence-corrected chi connectivity index (χ0v) is 11.4. The van der Waals surface area contributed by atoms with Crippen LogP contribution in [0.1, 0.15) is 35.4 Å². The molecule has 2 atom stereocenters. The molecule has 0 spiro atoms. The van der Waals surface area contributed by atoms with Crippen LogP contribution >= 0.6 is 23.1 Å². The topological polar surface area (TPSA) is 46.5 Å². The molecule has 0 amide bonds. The summed E-state index contributed by atoms with van der Waals surface area (Å²) in [4.78, 5) is 12.3. The standard InChI is InChI=1S/C12H16O3S2/c1-15-8-3-2-4-9(5-8)17-10-6-11(12(13)14)16-7-10/h6-9H,2-5H2,1H3,(H,13,14). The summed E-state index contributed by atoms with van der Waals surface area (Å²) in [5.41, 5.74) is 0. The number of hydrogen-bond acceptors (Lipinski definition) is 4. The lowest BCUT2D eigenvalue weighted by Gasteiger charge is -2.27. The molecule has 1 aromatic rings. The van der Waals surface area contributed by atoms with E-state index in [0.29, 0.717) is 16.2 Å². The lowest BCUT2D eigenvalue weighted by Crippen LogP contribution is -2.23. The first-order valence-electron chi connectivity index (χ1n) is 5.70. The lowest BCUT2D eigenvalue weighted by molar-refractivity contribution is 0.0701. The van der Waals surface area contributed by atoms with Crippen LogP contribution in [0.25, 0.3) is 0 Å². The molecular weight excluding hydrogens is 256 g/mol. The lowest BCUT2D eigenvalue weighted by atomic mass is 9.97. The Morgan fingerprint density at radius 3 is 3.06 bits per heavy atom. The highest BCUT2D eigenvalue weighted by Crippen LogP contribution is 2.36. The van der Waals surface area contributed by atoms with Crippen LogP contribution in [0.15, 0.2) is 16.3 Å². The van der Waals surface area contributed by atoms with E-state index in [-0.39, 0.29) is 0 Å². The number of thiophene rings is 1. The molecule has 2 unspecified atom stereocenters. The van der Waals surface area contributed by atoms with Crippen LogP contribution in [0.3, 0.4) is 0 Å². The maximum atomic E-state index is 10.8. The molecule has 5 heteroatoms. The van der Waals surface area contributed by atoms with Gasteiger partial charge in [0, 0.05) is 22.6 Å². The van der Waals surface area contributed by atoms with E-state index in [2.05, 4.69) is 0 Å². The molecule has 1 aromatic heterocycles. The zero-order chi connectivity index (χ0) is 12.3. The molecule has 94 valence electrons. The van der Waals surface area contributed by atoms with Crippen molar-refractivity contribution in [3.8, 4) is 0 Å². The summed E-state index contributed by atoms with van der Waals surface area (Å²) >= 11 is 3.09. The van der Waals surface area contributed by atoms with E-state index in [1.165, 1.54) is 24.2 Å². The Hall–Kier alpha value is -0.520. The Bertz CT molecular complexity index is 389. The third-order valence-corrected chi connectivity index (χ3v) is 5.34. The summed E-state index contributed by atoms with van der Waals surface area (Å²) in [6.45, 7) is 0. The maximum Gasteiger partial charge on any atom is 0.345 e. The van der Waals surface area contributed by atoms with Crippen molar-refractivity contribution in [2.45, 2.75) is 41.9 Å². The van der Waals surface area contributed by atoms with Crippen LogP contribution in [-0.2, 0) is 4.74 Å². The molecule has 2 rings (SSSR count). The van der Waals surface area contributed by atoms with Crippen LogP contribution in [0, 0.1) is 0 Å². The fourth-order valence-corrected chi connectivity index (χ4v) is 4.32. The van der Waals surface area contributed by atoms with E-state index >= 15 is 0 Å². The van der Waals surface area contributed by atoms with Gasteiger partial charge in [0.2, 0.25) is 0 Å². The van der Waals surface area contributed by atoms with Gasteiger partial charge in [0.05, 0.1) is 6.10 Å². The Labute approximate surface area is 109 Å². The normalized spacial score (nSPS) is 24.8. The van der Waals surface area contributed by atoms with Crippen LogP contribution in [-0.4, -0.2) is 29.5 Å². The molecular formula is C12H16O3S2. The molecule has 0 bridgehead atoms. The van der Waals surface area contributed by atoms with E-state index < -0.39 is 5.97 Å². The van der Waals surface area contributed by atoms with Gasteiger partial charge in [0.15, 0.2) is 0 Å². The van der Waals surface area contributed by atoms with E-state index in [4.69, 9.17) is 9.84 Å². The van der Waals surface area contributed by atoms with Crippen LogP contribution < -0.4 is 0 Å². The molecule has 1 saturated carbocycles. The second kappa shape index (κ2) is 5.89. The smallest absolute Gasteiger partial charge is 0.345 e. The van der Waals surface area contributed by atoms with Gasteiger partial charge in [-0.2, -0.15) is 0 Å². The SMILES string of the molecule is COC1CCCC(Sc2csc(C(=O)O)c2)C1. The number of carboxylic acids is 1. The number of methoxy groups -OCH3 is 1. The Morgan fingerprint density at radius 2 is 2.41 bits per heavy atom. The number of rotatable bonds is 4. The predicted molar refractivity (Wildman–Crippen MR) is 70.2 cm³/mol. The van der Waals surface area contributed by atoms with E-state index in [0.717, 1.165) is 17.7 Å². The average Bonchev–Trinajstić information content (AvgIpc) is 2.78. The Morgan fingerprint density at radius 1 is 1.59 bits per heavy atom. The van der Waals surface area contributed by atoms with Crippen molar-refractivity contribution < 1.29 is 14.6 Å². The van der Waals surface area contributed by atoms with Crippen LogP contribution in [0.4, 0.5) is 0 Å². The van der Waals surface area contributed by atoms with Crippen molar-refractivity contribution in [1.82, 2.24) is 0 Å². The second-order valence-corrected chi connectivity index (χ2v) is 6.50. The number of hydrogen-bond donors (Lipinski definition) is 1. The minimum Gasteiger partial charge on any atom is -0.477 e. The predicted octanol–water partition coefficient (Wildman–Crippen LogP) is 3.50. The van der Waals surface area contributed by atoms with Gasteiger partial charge in [-0.15, -0.1) is 23.1 Å². The van der Waals surface area contributed by atoms with E-state index in [9.17, 15) is 4.79 Å². The first kappa shape index (κ1) is 12.9. The summed E-state index contributed by atoms with van der Waals surface area (Å²) in [5, 5.41) is 11.4. The fraction of sp³-hybridized carbons (Fsp3) is 0.583. The summed E-state index contributed by atoms with van der Waals surface area (Å²) in [6, 6.07) is 1.77. The molecule has 17 heavy (non-hydrogen) atoms. The van der Waals surface area contributed by atoms with Gasteiger partial charge >= 0.3 is 5.97 Å². The van der Waals surface area contributed by atoms with E-state index in [1.54, 1.807) is 24.9 Å². The van der Waals surface area contributed by atoms with Gasteiger partial charge < -0.3 is 9.84 Å². The molecule has 1 N–H and O–H groups in total. The Balaban J connectivity index is 1.93. The van der Waals surface area contributed by atoms with Crippen LogP contribution in [0.2, 0.25) is 0 Å². The van der Waals surface area contributed by atoms with Crippen LogP contribution in [0.5, 0.6) is 0 Å². The van der Waals surface area contributed by atoms with Gasteiger partial charge in [0.1, 0.15) is 4.88 Å².